The van der Waals surface area contributed by atoms with Gasteiger partial charge in [0, 0.05) is 29.3 Å². The Kier molecular flexibility index (Phi) is 6.65. The highest BCUT2D eigenvalue weighted by Gasteiger charge is 2.43. The largest absolute Gasteiger partial charge is 0.497 e. The van der Waals surface area contributed by atoms with E-state index < -0.39 is 0 Å². The van der Waals surface area contributed by atoms with Crippen molar-refractivity contribution in [1.29, 1.82) is 0 Å². The summed E-state index contributed by atoms with van der Waals surface area (Å²) in [5, 5.41) is 4.18. The number of hydrogen-bond donors (Lipinski definition) is 1. The van der Waals surface area contributed by atoms with Gasteiger partial charge in [0.15, 0.2) is 5.11 Å². The van der Waals surface area contributed by atoms with Gasteiger partial charge >= 0.3 is 0 Å². The van der Waals surface area contributed by atoms with Crippen LogP contribution < -0.4 is 19.7 Å². The van der Waals surface area contributed by atoms with Crippen LogP contribution in [0.25, 0.3) is 5.69 Å². The lowest BCUT2D eigenvalue weighted by molar-refractivity contribution is 0.403. The zero-order valence-corrected chi connectivity index (χ0v) is 22.9. The van der Waals surface area contributed by atoms with Gasteiger partial charge in [-0.05, 0) is 93.0 Å². The molecule has 5 rings (SSSR count). The lowest BCUT2D eigenvalue weighted by Crippen LogP contribution is -2.30. The van der Waals surface area contributed by atoms with Gasteiger partial charge in [-0.25, -0.2) is 0 Å². The van der Waals surface area contributed by atoms with Crippen molar-refractivity contribution in [2.45, 2.75) is 39.8 Å². The quantitative estimate of drug-likeness (QED) is 0.306. The van der Waals surface area contributed by atoms with Crippen molar-refractivity contribution >= 4 is 23.0 Å². The number of benzene rings is 2. The standard InChI is InChI=1S/C30H32N4O2S/c1-18-10-9-12-25(20(18)3)33-19(2)16-23(21(33)4)29-28(24-11-7-8-15-31-24)32-30(37)34(29)26-17-22(35-5)13-14-27(26)36-6/h7-17,28-29H,1-6H3,(H,32,37)/t28-,29+/m1/s1. The number of hydrogen-bond acceptors (Lipinski definition) is 4. The molecular weight excluding hydrogens is 480 g/mol. The molecule has 1 fully saturated rings. The second-order valence-electron chi connectivity index (χ2n) is 9.42. The molecular formula is C30H32N4O2S. The number of pyridine rings is 1. The SMILES string of the molecule is COc1ccc(OC)c(N2C(=S)N[C@H](c3ccccn3)[C@@H]2c2cc(C)n(-c3cccc(C)c3C)c2C)c1. The summed E-state index contributed by atoms with van der Waals surface area (Å²) in [5.41, 5.74) is 9.00. The summed E-state index contributed by atoms with van der Waals surface area (Å²) >= 11 is 5.96. The molecule has 2 atom stereocenters. The van der Waals surface area contributed by atoms with E-state index in [1.165, 1.54) is 22.4 Å². The van der Waals surface area contributed by atoms with Gasteiger partial charge in [0.2, 0.25) is 0 Å². The molecule has 0 saturated carbocycles. The van der Waals surface area contributed by atoms with Crippen molar-refractivity contribution in [3.05, 3.63) is 101 Å². The Morgan fingerprint density at radius 2 is 1.70 bits per heavy atom. The first-order valence-electron chi connectivity index (χ1n) is 12.3. The summed E-state index contributed by atoms with van der Waals surface area (Å²) in [6.45, 7) is 8.67. The van der Waals surface area contributed by atoms with E-state index >= 15 is 0 Å². The van der Waals surface area contributed by atoms with Crippen LogP contribution in [0, 0.1) is 27.7 Å². The van der Waals surface area contributed by atoms with Crippen molar-refractivity contribution in [2.24, 2.45) is 0 Å². The number of nitrogens with zero attached hydrogens (tertiary/aromatic N) is 3. The number of methoxy groups -OCH3 is 2. The first kappa shape index (κ1) is 24.8. The molecule has 6 nitrogen and oxygen atoms in total. The summed E-state index contributed by atoms with van der Waals surface area (Å²) in [6.07, 6.45) is 1.82. The molecule has 0 bridgehead atoms. The maximum atomic E-state index is 5.96. The van der Waals surface area contributed by atoms with Crippen LogP contribution >= 0.6 is 12.2 Å². The number of thiocarbonyl (C=S) groups is 1. The van der Waals surface area contributed by atoms with Crippen LogP contribution in [-0.4, -0.2) is 28.9 Å². The smallest absolute Gasteiger partial charge is 0.174 e. The molecule has 0 unspecified atom stereocenters. The summed E-state index contributed by atoms with van der Waals surface area (Å²) in [7, 11) is 3.34. The van der Waals surface area contributed by atoms with E-state index in [0.29, 0.717) is 5.11 Å². The van der Waals surface area contributed by atoms with Gasteiger partial charge in [0.05, 0.1) is 37.7 Å². The minimum Gasteiger partial charge on any atom is -0.497 e. The average Bonchev–Trinajstić information content (AvgIpc) is 3.40. The third kappa shape index (κ3) is 4.23. The third-order valence-electron chi connectivity index (χ3n) is 7.35. The monoisotopic (exact) mass is 512 g/mol. The van der Waals surface area contributed by atoms with Crippen molar-refractivity contribution in [2.75, 3.05) is 19.1 Å². The Labute approximate surface area is 223 Å². The first-order valence-corrected chi connectivity index (χ1v) is 12.7. The molecule has 190 valence electrons. The minimum absolute atomic E-state index is 0.155. The molecule has 37 heavy (non-hydrogen) atoms. The molecule has 4 aromatic rings. The van der Waals surface area contributed by atoms with Gasteiger partial charge in [-0.3, -0.25) is 4.98 Å². The number of rotatable bonds is 6. The Hall–Kier alpha value is -3.84. The lowest BCUT2D eigenvalue weighted by Gasteiger charge is -2.29. The molecule has 0 spiro atoms. The second kappa shape index (κ2) is 9.90. The maximum absolute atomic E-state index is 5.96. The van der Waals surface area contributed by atoms with E-state index in [9.17, 15) is 0 Å². The molecule has 3 heterocycles. The van der Waals surface area contributed by atoms with E-state index in [4.69, 9.17) is 26.7 Å². The Morgan fingerprint density at radius 3 is 2.41 bits per heavy atom. The van der Waals surface area contributed by atoms with Gasteiger partial charge in [-0.15, -0.1) is 0 Å². The number of aryl methyl sites for hydroxylation is 2. The molecule has 0 amide bonds. The van der Waals surface area contributed by atoms with Crippen LogP contribution in [0.15, 0.2) is 66.9 Å². The molecule has 0 radical (unpaired) electrons. The van der Waals surface area contributed by atoms with E-state index in [2.05, 4.69) is 66.7 Å². The molecule has 1 N–H and O–H groups in total. The van der Waals surface area contributed by atoms with Gasteiger partial charge in [-0.2, -0.15) is 0 Å². The highest BCUT2D eigenvalue weighted by atomic mass is 32.1. The second-order valence-corrected chi connectivity index (χ2v) is 9.80. The summed E-state index contributed by atoms with van der Waals surface area (Å²) in [4.78, 5) is 6.85. The van der Waals surface area contributed by atoms with Crippen LogP contribution in [0.3, 0.4) is 0 Å². The van der Waals surface area contributed by atoms with E-state index in [0.717, 1.165) is 34.3 Å². The summed E-state index contributed by atoms with van der Waals surface area (Å²) in [5.74, 6) is 1.46. The van der Waals surface area contributed by atoms with Crippen LogP contribution in [0.2, 0.25) is 0 Å². The molecule has 1 aliphatic heterocycles. The summed E-state index contributed by atoms with van der Waals surface area (Å²) in [6, 6.07) is 20.2. The number of anilines is 1. The molecule has 7 heteroatoms. The molecule has 1 saturated heterocycles. The zero-order chi connectivity index (χ0) is 26.3. The molecule has 1 aliphatic rings. The highest BCUT2D eigenvalue weighted by Crippen LogP contribution is 2.47. The Morgan fingerprint density at radius 1 is 0.892 bits per heavy atom. The van der Waals surface area contributed by atoms with Crippen molar-refractivity contribution in [3.63, 3.8) is 0 Å². The fourth-order valence-corrected chi connectivity index (χ4v) is 5.69. The van der Waals surface area contributed by atoms with Crippen LogP contribution in [-0.2, 0) is 0 Å². The van der Waals surface area contributed by atoms with Gasteiger partial charge in [0.1, 0.15) is 11.5 Å². The van der Waals surface area contributed by atoms with Crippen molar-refractivity contribution in [1.82, 2.24) is 14.9 Å². The van der Waals surface area contributed by atoms with E-state index in [1.54, 1.807) is 14.2 Å². The number of nitrogens with one attached hydrogen (secondary N) is 1. The molecule has 0 aliphatic carbocycles. The molecule has 2 aromatic heterocycles. The van der Waals surface area contributed by atoms with Gasteiger partial charge < -0.3 is 24.3 Å². The van der Waals surface area contributed by atoms with Crippen molar-refractivity contribution in [3.8, 4) is 17.2 Å². The van der Waals surface area contributed by atoms with Crippen LogP contribution in [0.1, 0.15) is 45.9 Å². The third-order valence-corrected chi connectivity index (χ3v) is 7.66. The minimum atomic E-state index is -0.159. The first-order chi connectivity index (χ1) is 17.8. The predicted octanol–water partition coefficient (Wildman–Crippen LogP) is 6.30. The fourth-order valence-electron chi connectivity index (χ4n) is 5.35. The van der Waals surface area contributed by atoms with Gasteiger partial charge in [0.25, 0.3) is 0 Å². The normalized spacial score (nSPS) is 17.1. The molecule has 2 aromatic carbocycles. The predicted molar refractivity (Wildman–Crippen MR) is 152 cm³/mol. The lowest BCUT2D eigenvalue weighted by atomic mass is 9.96. The maximum Gasteiger partial charge on any atom is 0.174 e. The summed E-state index contributed by atoms with van der Waals surface area (Å²) < 4.78 is 13.7. The Bertz CT molecular complexity index is 1460. The number of ether oxygens (including phenoxy) is 2. The topological polar surface area (TPSA) is 51.6 Å². The van der Waals surface area contributed by atoms with E-state index in [1.807, 2.05) is 42.6 Å². The van der Waals surface area contributed by atoms with E-state index in [-0.39, 0.29) is 12.1 Å². The van der Waals surface area contributed by atoms with Crippen LogP contribution in [0.5, 0.6) is 11.5 Å². The van der Waals surface area contributed by atoms with Crippen molar-refractivity contribution < 1.29 is 9.47 Å². The highest BCUT2D eigenvalue weighted by molar-refractivity contribution is 7.80. The zero-order valence-electron chi connectivity index (χ0n) is 22.1. The Balaban J connectivity index is 1.73. The average molecular weight is 513 g/mol. The number of aromatic nitrogens is 2. The van der Waals surface area contributed by atoms with Gasteiger partial charge in [-0.1, -0.05) is 18.2 Å². The van der Waals surface area contributed by atoms with Crippen LogP contribution in [0.4, 0.5) is 5.69 Å². The fraction of sp³-hybridized carbons (Fsp3) is 0.267.